The molecule has 0 unspecified atom stereocenters. The summed E-state index contributed by atoms with van der Waals surface area (Å²) in [6, 6.07) is 12.9. The molecule has 2 aromatic carbocycles. The van der Waals surface area contributed by atoms with E-state index in [9.17, 15) is 18.8 Å². The highest BCUT2D eigenvalue weighted by molar-refractivity contribution is 5.92. The van der Waals surface area contributed by atoms with Crippen molar-refractivity contribution in [3.8, 4) is 5.69 Å². The zero-order valence-corrected chi connectivity index (χ0v) is 15.8. The lowest BCUT2D eigenvalue weighted by Crippen LogP contribution is -2.46. The summed E-state index contributed by atoms with van der Waals surface area (Å²) in [5.74, 6) is -1.18. The van der Waals surface area contributed by atoms with Gasteiger partial charge in [0, 0.05) is 11.6 Å². The van der Waals surface area contributed by atoms with Gasteiger partial charge in [-0.2, -0.15) is 9.78 Å². The molecule has 0 bridgehead atoms. The van der Waals surface area contributed by atoms with E-state index in [1.165, 1.54) is 18.2 Å². The van der Waals surface area contributed by atoms with Crippen LogP contribution in [0.25, 0.3) is 5.69 Å². The quantitative estimate of drug-likeness (QED) is 0.715. The minimum atomic E-state index is -0.847. The summed E-state index contributed by atoms with van der Waals surface area (Å²) in [7, 11) is 0. The summed E-state index contributed by atoms with van der Waals surface area (Å²) in [5, 5.41) is 6.77. The molecule has 0 atom stereocenters. The zero-order valence-electron chi connectivity index (χ0n) is 15.8. The number of nitrogens with one attached hydrogen (secondary N) is 1. The van der Waals surface area contributed by atoms with Gasteiger partial charge in [-0.05, 0) is 43.5 Å². The predicted octanol–water partition coefficient (Wildman–Crippen LogP) is 1.78. The number of benzene rings is 2. The van der Waals surface area contributed by atoms with Crippen LogP contribution < -0.4 is 16.6 Å². The normalized spacial score (nSPS) is 13.3. The molecule has 3 aromatic rings. The zero-order chi connectivity index (χ0) is 20.5. The molecule has 1 fully saturated rings. The van der Waals surface area contributed by atoms with Gasteiger partial charge in [-0.3, -0.25) is 14.2 Å². The van der Waals surface area contributed by atoms with Crippen molar-refractivity contribution < 1.29 is 9.18 Å². The highest BCUT2D eigenvalue weighted by Gasteiger charge is 2.27. The van der Waals surface area contributed by atoms with Crippen molar-refractivity contribution in [1.29, 1.82) is 0 Å². The first-order valence-corrected chi connectivity index (χ1v) is 9.29. The largest absolute Gasteiger partial charge is 0.352 e. The van der Waals surface area contributed by atoms with Crippen LogP contribution in [0.5, 0.6) is 0 Å². The van der Waals surface area contributed by atoms with Crippen LogP contribution in [0, 0.1) is 12.7 Å². The Hall–Kier alpha value is -3.55. The fourth-order valence-electron chi connectivity index (χ4n) is 3.00. The average Bonchev–Trinajstić information content (AvgIpc) is 3.50. The topological polar surface area (TPSA) is 86.0 Å². The number of hydrogen-bond donors (Lipinski definition) is 1. The fraction of sp³-hybridized carbons (Fsp3) is 0.238. The monoisotopic (exact) mass is 394 g/mol. The molecule has 1 aliphatic rings. The molecule has 0 saturated heterocycles. The van der Waals surface area contributed by atoms with E-state index in [1.54, 1.807) is 24.3 Å². The predicted molar refractivity (Wildman–Crippen MR) is 105 cm³/mol. The Kier molecular flexibility index (Phi) is 4.84. The summed E-state index contributed by atoms with van der Waals surface area (Å²) in [6.45, 7) is 1.55. The second-order valence-electron chi connectivity index (χ2n) is 7.11. The molecule has 4 rings (SSSR count). The van der Waals surface area contributed by atoms with Crippen molar-refractivity contribution in [3.05, 3.63) is 92.0 Å². The van der Waals surface area contributed by atoms with Crippen LogP contribution in [0.4, 0.5) is 4.39 Å². The van der Waals surface area contributed by atoms with E-state index in [2.05, 4.69) is 10.4 Å². The molecule has 1 heterocycles. The van der Waals surface area contributed by atoms with Crippen LogP contribution in [0.3, 0.4) is 0 Å². The molecule has 1 saturated carbocycles. The molecular weight excluding hydrogens is 375 g/mol. The first kappa shape index (κ1) is 18.8. The third kappa shape index (κ3) is 3.87. The Balaban J connectivity index is 1.89. The van der Waals surface area contributed by atoms with Crippen LogP contribution in [0.1, 0.15) is 34.5 Å². The Morgan fingerprint density at radius 1 is 1.17 bits per heavy atom. The van der Waals surface area contributed by atoms with E-state index >= 15 is 0 Å². The second-order valence-corrected chi connectivity index (χ2v) is 7.11. The highest BCUT2D eigenvalue weighted by atomic mass is 19.1. The highest BCUT2D eigenvalue weighted by Crippen LogP contribution is 2.18. The van der Waals surface area contributed by atoms with Gasteiger partial charge in [0.1, 0.15) is 5.82 Å². The first-order chi connectivity index (χ1) is 13.9. The lowest BCUT2D eigenvalue weighted by molar-refractivity contribution is 0.0941. The molecule has 7 nitrogen and oxygen atoms in total. The molecule has 29 heavy (non-hydrogen) atoms. The maximum Gasteiger partial charge on any atom is 0.352 e. The molecular formula is C21H19FN4O3. The summed E-state index contributed by atoms with van der Waals surface area (Å²) in [5.41, 5.74) is -0.520. The number of nitrogens with zero attached hydrogens (tertiary/aromatic N) is 3. The fourth-order valence-corrected chi connectivity index (χ4v) is 3.00. The number of aryl methyl sites for hydroxylation is 1. The summed E-state index contributed by atoms with van der Waals surface area (Å²) >= 11 is 0. The van der Waals surface area contributed by atoms with Crippen molar-refractivity contribution in [2.24, 2.45) is 0 Å². The molecule has 1 aliphatic carbocycles. The number of halogens is 1. The van der Waals surface area contributed by atoms with Crippen LogP contribution in [0.15, 0.2) is 58.1 Å². The first-order valence-electron chi connectivity index (χ1n) is 9.29. The van der Waals surface area contributed by atoms with Gasteiger partial charge in [-0.1, -0.05) is 30.3 Å². The maximum atomic E-state index is 14.1. The molecule has 1 N–H and O–H groups in total. The van der Waals surface area contributed by atoms with Gasteiger partial charge in [0.15, 0.2) is 0 Å². The van der Waals surface area contributed by atoms with Crippen LogP contribution >= 0.6 is 0 Å². The van der Waals surface area contributed by atoms with E-state index in [0.717, 1.165) is 27.7 Å². The summed E-state index contributed by atoms with van der Waals surface area (Å²) in [6.07, 6.45) is 1.68. The van der Waals surface area contributed by atoms with Gasteiger partial charge in [0.25, 0.3) is 11.5 Å². The van der Waals surface area contributed by atoms with Gasteiger partial charge in [0.05, 0.1) is 12.2 Å². The van der Waals surface area contributed by atoms with Gasteiger partial charge in [0.2, 0.25) is 5.69 Å². The van der Waals surface area contributed by atoms with Crippen molar-refractivity contribution in [1.82, 2.24) is 19.7 Å². The van der Waals surface area contributed by atoms with Crippen molar-refractivity contribution in [3.63, 3.8) is 0 Å². The maximum absolute atomic E-state index is 14.1. The Morgan fingerprint density at radius 3 is 2.62 bits per heavy atom. The minimum absolute atomic E-state index is 0.0167. The van der Waals surface area contributed by atoms with Crippen LogP contribution in [-0.2, 0) is 6.54 Å². The van der Waals surface area contributed by atoms with E-state index in [4.69, 9.17) is 0 Å². The molecule has 0 aliphatic heterocycles. The van der Waals surface area contributed by atoms with Gasteiger partial charge in [-0.15, -0.1) is 0 Å². The summed E-state index contributed by atoms with van der Waals surface area (Å²) < 4.78 is 16.0. The number of carbonyl (C=O) groups is 1. The third-order valence-corrected chi connectivity index (χ3v) is 4.72. The molecule has 0 spiro atoms. The Bertz CT molecular complexity index is 1210. The number of carbonyl (C=O) groups excluding carboxylic acids is 1. The van der Waals surface area contributed by atoms with Crippen molar-refractivity contribution >= 4 is 5.91 Å². The molecule has 0 radical (unpaired) electrons. The van der Waals surface area contributed by atoms with E-state index in [-0.39, 0.29) is 18.2 Å². The molecule has 1 aromatic heterocycles. The third-order valence-electron chi connectivity index (χ3n) is 4.72. The number of hydrogen-bond acceptors (Lipinski definition) is 4. The Morgan fingerprint density at radius 2 is 1.93 bits per heavy atom. The van der Waals surface area contributed by atoms with Gasteiger partial charge >= 0.3 is 5.69 Å². The van der Waals surface area contributed by atoms with Crippen molar-refractivity contribution in [2.75, 3.05) is 0 Å². The lowest BCUT2D eigenvalue weighted by atomic mass is 10.2. The average molecular weight is 394 g/mol. The van der Waals surface area contributed by atoms with Crippen LogP contribution in [0.2, 0.25) is 0 Å². The minimum Gasteiger partial charge on any atom is -0.348 e. The van der Waals surface area contributed by atoms with E-state index in [1.807, 2.05) is 13.0 Å². The number of amides is 1. The Labute approximate surface area is 165 Å². The smallest absolute Gasteiger partial charge is 0.348 e. The van der Waals surface area contributed by atoms with Crippen LogP contribution in [-0.4, -0.2) is 26.3 Å². The molecule has 1 amide bonds. The summed E-state index contributed by atoms with van der Waals surface area (Å²) in [4.78, 5) is 38.5. The lowest BCUT2D eigenvalue weighted by Gasteiger charge is -2.13. The number of aromatic nitrogens is 3. The van der Waals surface area contributed by atoms with Gasteiger partial charge < -0.3 is 5.32 Å². The molecule has 148 valence electrons. The second kappa shape index (κ2) is 7.46. The standard InChI is InChI=1S/C21H19FN4O3/c1-13-5-4-7-16(11-13)26-21(29)25(12-14-6-2-3-8-17(14)22)20(28)18(24-26)19(27)23-15-9-10-15/h2-8,11,15H,9-10,12H2,1H3,(H,23,27). The van der Waals surface area contributed by atoms with E-state index < -0.39 is 28.7 Å². The number of rotatable bonds is 5. The molecule has 8 heteroatoms. The van der Waals surface area contributed by atoms with Gasteiger partial charge in [-0.25, -0.2) is 9.18 Å². The SMILES string of the molecule is Cc1cccc(-n2nc(C(=O)NC3CC3)c(=O)n(Cc3ccccc3F)c2=O)c1. The van der Waals surface area contributed by atoms with Crippen molar-refractivity contribution in [2.45, 2.75) is 32.4 Å². The van der Waals surface area contributed by atoms with E-state index in [0.29, 0.717) is 5.69 Å².